The van der Waals surface area contributed by atoms with E-state index in [0.29, 0.717) is 6.54 Å². The van der Waals surface area contributed by atoms with Crippen LogP contribution in [0.3, 0.4) is 0 Å². The van der Waals surface area contributed by atoms with Gasteiger partial charge >= 0.3 is 0 Å². The van der Waals surface area contributed by atoms with Crippen LogP contribution in [-0.2, 0) is 4.79 Å². The lowest BCUT2D eigenvalue weighted by molar-refractivity contribution is -0.124. The molecule has 0 radical (unpaired) electrons. The van der Waals surface area contributed by atoms with Crippen molar-refractivity contribution in [1.82, 2.24) is 9.80 Å². The third kappa shape index (κ3) is 4.06. The number of anilines is 1. The molecule has 1 unspecified atom stereocenters. The van der Waals surface area contributed by atoms with Gasteiger partial charge in [0.2, 0.25) is 5.91 Å². The number of aliphatic hydroxyl groups is 1. The van der Waals surface area contributed by atoms with E-state index in [1.807, 2.05) is 49.1 Å². The highest BCUT2D eigenvalue weighted by molar-refractivity contribution is 5.96. The molecular formula is C17H27N3O2. The standard InChI is InChI=1S/C17H27N3O2/c1-3-20(16-7-5-4-6-8-16)17(22)15(2)19-11-9-18(10-12-19)13-14-21/h4-8,15,21H,3,9-14H2,1-2H3. The number of carbonyl (C=O) groups excluding carboxylic acids is 1. The van der Waals surface area contributed by atoms with E-state index in [0.717, 1.165) is 38.4 Å². The second kappa shape index (κ2) is 8.27. The maximum absolute atomic E-state index is 12.8. The molecule has 2 rings (SSSR count). The second-order valence-electron chi connectivity index (χ2n) is 5.70. The monoisotopic (exact) mass is 305 g/mol. The summed E-state index contributed by atoms with van der Waals surface area (Å²) in [5.41, 5.74) is 0.959. The van der Waals surface area contributed by atoms with Crippen LogP contribution in [0, 0.1) is 0 Å². The van der Waals surface area contributed by atoms with Gasteiger partial charge in [-0.25, -0.2) is 0 Å². The number of rotatable bonds is 6. The molecule has 1 N–H and O–H groups in total. The summed E-state index contributed by atoms with van der Waals surface area (Å²) in [6.45, 7) is 9.18. The molecule has 0 spiro atoms. The molecule has 0 aliphatic carbocycles. The number of para-hydroxylation sites is 1. The van der Waals surface area contributed by atoms with Gasteiger partial charge in [-0.2, -0.15) is 0 Å². The van der Waals surface area contributed by atoms with Crippen LogP contribution in [0.5, 0.6) is 0 Å². The largest absolute Gasteiger partial charge is 0.395 e. The SMILES string of the molecule is CCN(C(=O)C(C)N1CCN(CCO)CC1)c1ccccc1. The number of hydrogen-bond donors (Lipinski definition) is 1. The minimum Gasteiger partial charge on any atom is -0.395 e. The number of likely N-dealkylation sites (N-methyl/N-ethyl adjacent to an activating group) is 1. The van der Waals surface area contributed by atoms with Gasteiger partial charge in [0.1, 0.15) is 0 Å². The van der Waals surface area contributed by atoms with Gasteiger partial charge in [0, 0.05) is 45.0 Å². The minimum absolute atomic E-state index is 0.114. The van der Waals surface area contributed by atoms with E-state index >= 15 is 0 Å². The van der Waals surface area contributed by atoms with Crippen LogP contribution in [0.15, 0.2) is 30.3 Å². The zero-order valence-corrected chi connectivity index (χ0v) is 13.6. The van der Waals surface area contributed by atoms with Crippen molar-refractivity contribution in [3.8, 4) is 0 Å². The first kappa shape index (κ1) is 16.9. The third-order valence-electron chi connectivity index (χ3n) is 4.38. The zero-order chi connectivity index (χ0) is 15.9. The summed E-state index contributed by atoms with van der Waals surface area (Å²) >= 11 is 0. The van der Waals surface area contributed by atoms with Crippen molar-refractivity contribution in [3.05, 3.63) is 30.3 Å². The molecule has 22 heavy (non-hydrogen) atoms. The number of piperazine rings is 1. The number of β-amino-alcohol motifs (C(OH)–C–C–N with tert-alkyl or cyclic N) is 1. The van der Waals surface area contributed by atoms with E-state index in [1.54, 1.807) is 0 Å². The fourth-order valence-corrected chi connectivity index (χ4v) is 2.97. The molecule has 1 saturated heterocycles. The van der Waals surface area contributed by atoms with E-state index in [2.05, 4.69) is 9.80 Å². The highest BCUT2D eigenvalue weighted by atomic mass is 16.3. The van der Waals surface area contributed by atoms with Crippen LogP contribution < -0.4 is 4.90 Å². The summed E-state index contributed by atoms with van der Waals surface area (Å²) in [6.07, 6.45) is 0. The summed E-state index contributed by atoms with van der Waals surface area (Å²) in [7, 11) is 0. The Labute approximate surface area is 133 Å². The van der Waals surface area contributed by atoms with Crippen LogP contribution in [-0.4, -0.2) is 72.7 Å². The van der Waals surface area contributed by atoms with Gasteiger partial charge in [0.05, 0.1) is 12.6 Å². The Morgan fingerprint density at radius 1 is 1.23 bits per heavy atom. The van der Waals surface area contributed by atoms with E-state index in [9.17, 15) is 4.79 Å². The maximum Gasteiger partial charge on any atom is 0.244 e. The first-order valence-corrected chi connectivity index (χ1v) is 8.11. The lowest BCUT2D eigenvalue weighted by Gasteiger charge is -2.38. The number of hydrogen-bond acceptors (Lipinski definition) is 4. The predicted molar refractivity (Wildman–Crippen MR) is 89.0 cm³/mol. The van der Waals surface area contributed by atoms with Crippen molar-refractivity contribution in [1.29, 1.82) is 0 Å². The van der Waals surface area contributed by atoms with Gasteiger partial charge in [0.25, 0.3) is 0 Å². The van der Waals surface area contributed by atoms with Crippen molar-refractivity contribution in [3.63, 3.8) is 0 Å². The van der Waals surface area contributed by atoms with Crippen LogP contribution >= 0.6 is 0 Å². The molecule has 5 nitrogen and oxygen atoms in total. The molecule has 1 amide bonds. The highest BCUT2D eigenvalue weighted by Gasteiger charge is 2.28. The molecule has 1 atom stereocenters. The molecule has 1 aromatic rings. The van der Waals surface area contributed by atoms with Crippen molar-refractivity contribution >= 4 is 11.6 Å². The van der Waals surface area contributed by atoms with Gasteiger partial charge in [-0.3, -0.25) is 14.6 Å². The molecule has 1 fully saturated rings. The van der Waals surface area contributed by atoms with Crippen LogP contribution in [0.1, 0.15) is 13.8 Å². The van der Waals surface area contributed by atoms with E-state index in [-0.39, 0.29) is 18.6 Å². The smallest absolute Gasteiger partial charge is 0.244 e. The van der Waals surface area contributed by atoms with Crippen LogP contribution in [0.2, 0.25) is 0 Å². The first-order valence-electron chi connectivity index (χ1n) is 8.11. The number of benzene rings is 1. The van der Waals surface area contributed by atoms with Crippen molar-refractivity contribution in [2.45, 2.75) is 19.9 Å². The van der Waals surface area contributed by atoms with Crippen LogP contribution in [0.4, 0.5) is 5.69 Å². The first-order chi connectivity index (χ1) is 10.7. The number of aliphatic hydroxyl groups excluding tert-OH is 1. The Bertz CT molecular complexity index is 458. The summed E-state index contributed by atoms with van der Waals surface area (Å²) in [6, 6.07) is 9.73. The summed E-state index contributed by atoms with van der Waals surface area (Å²) in [5, 5.41) is 9.00. The Balaban J connectivity index is 1.97. The Morgan fingerprint density at radius 3 is 2.41 bits per heavy atom. The highest BCUT2D eigenvalue weighted by Crippen LogP contribution is 2.16. The Morgan fingerprint density at radius 2 is 1.86 bits per heavy atom. The van der Waals surface area contributed by atoms with Gasteiger partial charge < -0.3 is 10.0 Å². The van der Waals surface area contributed by atoms with E-state index in [1.165, 1.54) is 0 Å². The van der Waals surface area contributed by atoms with Gasteiger partial charge in [-0.1, -0.05) is 18.2 Å². The van der Waals surface area contributed by atoms with Gasteiger partial charge in [-0.15, -0.1) is 0 Å². The van der Waals surface area contributed by atoms with Crippen molar-refractivity contribution in [2.75, 3.05) is 50.8 Å². The fourth-order valence-electron chi connectivity index (χ4n) is 2.97. The molecular weight excluding hydrogens is 278 g/mol. The van der Waals surface area contributed by atoms with Gasteiger partial charge in [0.15, 0.2) is 0 Å². The Hall–Kier alpha value is -1.43. The third-order valence-corrected chi connectivity index (χ3v) is 4.38. The maximum atomic E-state index is 12.8. The Kier molecular flexibility index (Phi) is 6.36. The normalized spacial score (nSPS) is 18.1. The molecule has 0 aromatic heterocycles. The lowest BCUT2D eigenvalue weighted by atomic mass is 10.2. The molecule has 1 aliphatic heterocycles. The summed E-state index contributed by atoms with van der Waals surface area (Å²) < 4.78 is 0. The van der Waals surface area contributed by atoms with E-state index < -0.39 is 0 Å². The average molecular weight is 305 g/mol. The molecule has 122 valence electrons. The fraction of sp³-hybridized carbons (Fsp3) is 0.588. The van der Waals surface area contributed by atoms with E-state index in [4.69, 9.17) is 5.11 Å². The van der Waals surface area contributed by atoms with Crippen molar-refractivity contribution in [2.24, 2.45) is 0 Å². The second-order valence-corrected chi connectivity index (χ2v) is 5.70. The minimum atomic E-state index is -0.114. The van der Waals surface area contributed by atoms with Crippen LogP contribution in [0.25, 0.3) is 0 Å². The molecule has 1 heterocycles. The topological polar surface area (TPSA) is 47.0 Å². The number of nitrogens with zero attached hydrogens (tertiary/aromatic N) is 3. The molecule has 0 bridgehead atoms. The summed E-state index contributed by atoms with van der Waals surface area (Å²) in [5.74, 6) is 0.157. The molecule has 1 aromatic carbocycles. The number of amides is 1. The zero-order valence-electron chi connectivity index (χ0n) is 13.6. The lowest BCUT2D eigenvalue weighted by Crippen LogP contribution is -2.55. The molecule has 1 aliphatic rings. The van der Waals surface area contributed by atoms with Gasteiger partial charge in [-0.05, 0) is 26.0 Å². The molecule has 0 saturated carbocycles. The van der Waals surface area contributed by atoms with Crippen molar-refractivity contribution < 1.29 is 9.90 Å². The average Bonchev–Trinajstić information content (AvgIpc) is 2.57. The predicted octanol–water partition coefficient (Wildman–Crippen LogP) is 1.04. The number of carbonyl (C=O) groups is 1. The molecule has 5 heteroatoms. The quantitative estimate of drug-likeness (QED) is 0.853. The summed E-state index contributed by atoms with van der Waals surface area (Å²) in [4.78, 5) is 19.1.